The molecule has 0 aromatic heterocycles. The number of phenolic OH excluding ortho intramolecular Hbond substituents is 1. The van der Waals surface area contributed by atoms with Crippen LogP contribution in [-0.4, -0.2) is 23.5 Å². The summed E-state index contributed by atoms with van der Waals surface area (Å²) in [5.74, 6) is -1.10. The summed E-state index contributed by atoms with van der Waals surface area (Å²) in [4.78, 5) is 23.8. The second-order valence-corrected chi connectivity index (χ2v) is 4.89. The normalized spacial score (nSPS) is 10.0. The second kappa shape index (κ2) is 7.31. The molecule has 0 spiro atoms. The van der Waals surface area contributed by atoms with Gasteiger partial charge in [0, 0.05) is 5.69 Å². The number of hydrogen-bond acceptors (Lipinski definition) is 4. The van der Waals surface area contributed by atoms with Gasteiger partial charge in [-0.25, -0.2) is 0 Å². The molecule has 6 nitrogen and oxygen atoms in total. The number of hydrogen-bond donors (Lipinski definition) is 3. The molecule has 120 valence electrons. The van der Waals surface area contributed by atoms with Gasteiger partial charge in [0.15, 0.2) is 0 Å². The quantitative estimate of drug-likeness (QED) is 0.598. The van der Waals surface area contributed by atoms with Crippen molar-refractivity contribution in [3.05, 3.63) is 48.0 Å². The van der Waals surface area contributed by atoms with E-state index < -0.39 is 11.8 Å². The average molecular weight is 314 g/mol. The van der Waals surface area contributed by atoms with Crippen LogP contribution in [-0.2, 0) is 9.59 Å². The molecule has 0 saturated carbocycles. The largest absolute Gasteiger partial charge is 0.506 e. The van der Waals surface area contributed by atoms with Crippen molar-refractivity contribution in [1.29, 1.82) is 0 Å². The van der Waals surface area contributed by atoms with Gasteiger partial charge in [-0.3, -0.25) is 9.59 Å². The maximum absolute atomic E-state index is 11.9. The molecule has 2 aromatic rings. The molecule has 0 heterocycles. The topological polar surface area (TPSA) is 87.7 Å². The Morgan fingerprint density at radius 1 is 1.04 bits per heavy atom. The van der Waals surface area contributed by atoms with Crippen molar-refractivity contribution in [3.63, 3.8) is 0 Å². The maximum Gasteiger partial charge on any atom is 0.314 e. The fraction of sp³-hybridized carbons (Fsp3) is 0.176. The van der Waals surface area contributed by atoms with Crippen LogP contribution in [0, 0.1) is 6.92 Å². The minimum absolute atomic E-state index is 0.0992. The number of aromatic hydroxyl groups is 1. The monoisotopic (exact) mass is 314 g/mol. The van der Waals surface area contributed by atoms with Crippen molar-refractivity contribution in [2.24, 2.45) is 0 Å². The van der Waals surface area contributed by atoms with Gasteiger partial charge in [-0.2, -0.15) is 0 Å². The Kier molecular flexibility index (Phi) is 5.19. The van der Waals surface area contributed by atoms with Crippen molar-refractivity contribution in [1.82, 2.24) is 0 Å². The highest BCUT2D eigenvalue weighted by Gasteiger charge is 2.15. The fourth-order valence-corrected chi connectivity index (χ4v) is 1.92. The Bertz CT molecular complexity index is 711. The number of amides is 2. The van der Waals surface area contributed by atoms with Crippen LogP contribution in [0.5, 0.6) is 11.5 Å². The summed E-state index contributed by atoms with van der Waals surface area (Å²) in [7, 11) is 0. The van der Waals surface area contributed by atoms with Crippen LogP contribution >= 0.6 is 0 Å². The van der Waals surface area contributed by atoms with E-state index in [1.165, 1.54) is 6.07 Å². The molecular formula is C17H18N2O4. The lowest BCUT2D eigenvalue weighted by atomic mass is 10.2. The van der Waals surface area contributed by atoms with Crippen LogP contribution in [0.3, 0.4) is 0 Å². The Hall–Kier alpha value is -3.02. The molecule has 0 aliphatic rings. The molecule has 3 N–H and O–H groups in total. The van der Waals surface area contributed by atoms with Crippen LogP contribution in [0.1, 0.15) is 12.5 Å². The molecule has 0 unspecified atom stereocenters. The predicted octanol–water partition coefficient (Wildman–Crippen LogP) is 2.68. The van der Waals surface area contributed by atoms with E-state index in [-0.39, 0.29) is 11.4 Å². The predicted molar refractivity (Wildman–Crippen MR) is 87.7 cm³/mol. The highest BCUT2D eigenvalue weighted by Crippen LogP contribution is 2.23. The minimum Gasteiger partial charge on any atom is -0.506 e. The molecule has 0 saturated heterocycles. The van der Waals surface area contributed by atoms with E-state index in [4.69, 9.17) is 4.74 Å². The number of benzene rings is 2. The summed E-state index contributed by atoms with van der Waals surface area (Å²) in [5, 5.41) is 14.5. The molecule has 23 heavy (non-hydrogen) atoms. The van der Waals surface area contributed by atoms with E-state index >= 15 is 0 Å². The fourth-order valence-electron chi connectivity index (χ4n) is 1.92. The Labute approximate surface area is 134 Å². The van der Waals surface area contributed by atoms with Crippen molar-refractivity contribution in [2.75, 3.05) is 17.2 Å². The van der Waals surface area contributed by atoms with Gasteiger partial charge in [0.05, 0.1) is 12.3 Å². The molecular weight excluding hydrogens is 296 g/mol. The van der Waals surface area contributed by atoms with Gasteiger partial charge in [0.1, 0.15) is 11.5 Å². The number of nitrogens with one attached hydrogen (secondary N) is 2. The van der Waals surface area contributed by atoms with Gasteiger partial charge in [0.25, 0.3) is 0 Å². The zero-order valence-corrected chi connectivity index (χ0v) is 12.9. The summed E-state index contributed by atoms with van der Waals surface area (Å²) in [5.41, 5.74) is 1.52. The lowest BCUT2D eigenvalue weighted by molar-refractivity contribution is -0.133. The molecule has 2 amide bonds. The van der Waals surface area contributed by atoms with Crippen molar-refractivity contribution in [3.8, 4) is 11.5 Å². The van der Waals surface area contributed by atoms with Gasteiger partial charge in [0.2, 0.25) is 0 Å². The first-order valence-corrected chi connectivity index (χ1v) is 7.14. The first-order valence-electron chi connectivity index (χ1n) is 7.14. The Balaban J connectivity index is 1.99. The Morgan fingerprint density at radius 2 is 1.70 bits per heavy atom. The van der Waals surface area contributed by atoms with Crippen molar-refractivity contribution < 1.29 is 19.4 Å². The molecule has 0 aliphatic carbocycles. The maximum atomic E-state index is 11.9. The number of carbonyl (C=O) groups is 2. The number of anilines is 2. The first-order chi connectivity index (χ1) is 11.0. The number of rotatable bonds is 4. The van der Waals surface area contributed by atoms with E-state index in [0.717, 1.165) is 5.56 Å². The minimum atomic E-state index is -0.861. The smallest absolute Gasteiger partial charge is 0.314 e. The van der Waals surface area contributed by atoms with Gasteiger partial charge in [-0.15, -0.1) is 0 Å². The van der Waals surface area contributed by atoms with Crippen LogP contribution in [0.15, 0.2) is 42.5 Å². The number of aryl methyl sites for hydroxylation is 1. The van der Waals surface area contributed by atoms with E-state index in [2.05, 4.69) is 10.6 Å². The molecule has 0 bridgehead atoms. The summed E-state index contributed by atoms with van der Waals surface area (Å²) in [6, 6.07) is 11.4. The molecule has 0 aliphatic heterocycles. The van der Waals surface area contributed by atoms with E-state index in [1.807, 2.05) is 13.8 Å². The second-order valence-electron chi connectivity index (χ2n) is 4.89. The third kappa shape index (κ3) is 4.47. The highest BCUT2D eigenvalue weighted by atomic mass is 16.5. The van der Waals surface area contributed by atoms with Crippen molar-refractivity contribution in [2.45, 2.75) is 13.8 Å². The summed E-state index contributed by atoms with van der Waals surface area (Å²) < 4.78 is 5.30. The number of ether oxygens (including phenoxy) is 1. The van der Waals surface area contributed by atoms with Gasteiger partial charge in [-0.05, 0) is 55.8 Å². The van der Waals surface area contributed by atoms with E-state index in [1.54, 1.807) is 36.4 Å². The zero-order valence-electron chi connectivity index (χ0n) is 12.9. The van der Waals surface area contributed by atoms with Crippen LogP contribution in [0.4, 0.5) is 11.4 Å². The molecule has 0 atom stereocenters. The standard InChI is InChI=1S/C17H18N2O4/c1-3-23-13-7-5-12(6-8-13)18-16(21)17(22)19-14-10-11(2)4-9-15(14)20/h4-10,20H,3H2,1-2H3,(H,18,21)(H,19,22). The van der Waals surface area contributed by atoms with Crippen LogP contribution < -0.4 is 15.4 Å². The summed E-state index contributed by atoms with van der Waals surface area (Å²) in [6.45, 7) is 4.24. The average Bonchev–Trinajstić information content (AvgIpc) is 2.53. The lowest BCUT2D eigenvalue weighted by Gasteiger charge is -2.09. The first kappa shape index (κ1) is 16.4. The van der Waals surface area contributed by atoms with Gasteiger partial charge >= 0.3 is 11.8 Å². The molecule has 2 rings (SSSR count). The van der Waals surface area contributed by atoms with E-state index in [0.29, 0.717) is 18.0 Å². The SMILES string of the molecule is CCOc1ccc(NC(=O)C(=O)Nc2cc(C)ccc2O)cc1. The molecule has 0 radical (unpaired) electrons. The highest BCUT2D eigenvalue weighted by molar-refractivity contribution is 6.43. The number of carbonyl (C=O) groups excluding carboxylic acids is 2. The molecule has 6 heteroatoms. The molecule has 0 fully saturated rings. The lowest BCUT2D eigenvalue weighted by Crippen LogP contribution is -2.29. The summed E-state index contributed by atoms with van der Waals surface area (Å²) in [6.07, 6.45) is 0. The van der Waals surface area contributed by atoms with Crippen LogP contribution in [0.25, 0.3) is 0 Å². The van der Waals surface area contributed by atoms with Gasteiger partial charge in [-0.1, -0.05) is 6.07 Å². The third-order valence-corrected chi connectivity index (χ3v) is 3.03. The van der Waals surface area contributed by atoms with Gasteiger partial charge < -0.3 is 20.5 Å². The summed E-state index contributed by atoms with van der Waals surface area (Å²) >= 11 is 0. The van der Waals surface area contributed by atoms with Crippen LogP contribution in [0.2, 0.25) is 0 Å². The Morgan fingerprint density at radius 3 is 2.35 bits per heavy atom. The van der Waals surface area contributed by atoms with E-state index in [9.17, 15) is 14.7 Å². The molecule has 2 aromatic carbocycles. The zero-order chi connectivity index (χ0) is 16.8. The third-order valence-electron chi connectivity index (χ3n) is 3.03. The van der Waals surface area contributed by atoms with Crippen molar-refractivity contribution >= 4 is 23.2 Å². The number of phenols is 1.